The van der Waals surface area contributed by atoms with Crippen molar-refractivity contribution in [3.05, 3.63) is 0 Å². The first kappa shape index (κ1) is 18.9. The molecule has 0 spiro atoms. The Balaban J connectivity index is 4.62. The van der Waals surface area contributed by atoms with E-state index in [4.69, 9.17) is 5.11 Å². The van der Waals surface area contributed by atoms with Crippen LogP contribution in [0.2, 0.25) is 0 Å². The molecule has 0 heterocycles. The minimum atomic E-state index is -0.921. The zero-order valence-corrected chi connectivity index (χ0v) is 13.2. The maximum Gasteiger partial charge on any atom is 0.309 e. The Kier molecular flexibility index (Phi) is 9.26. The van der Waals surface area contributed by atoms with E-state index in [9.17, 15) is 14.7 Å². The summed E-state index contributed by atoms with van der Waals surface area (Å²) in [6.45, 7) is 5.96. The molecule has 4 heteroatoms. The lowest BCUT2D eigenvalue weighted by Crippen LogP contribution is -2.31. The zero-order valence-electron chi connectivity index (χ0n) is 13.2. The first-order valence-corrected chi connectivity index (χ1v) is 7.81. The average molecular weight is 286 g/mol. The van der Waals surface area contributed by atoms with Crippen molar-refractivity contribution in [3.63, 3.8) is 0 Å². The van der Waals surface area contributed by atoms with E-state index in [0.29, 0.717) is 12.3 Å². The lowest BCUT2D eigenvalue weighted by atomic mass is 9.75. The summed E-state index contributed by atoms with van der Waals surface area (Å²) in [5.74, 6) is -1.40. The number of hydrogen-bond acceptors (Lipinski definition) is 2. The fourth-order valence-corrected chi connectivity index (χ4v) is 2.76. The Morgan fingerprint density at radius 1 is 1.05 bits per heavy atom. The molecule has 0 rings (SSSR count). The zero-order chi connectivity index (χ0) is 15.6. The van der Waals surface area contributed by atoms with Crippen molar-refractivity contribution < 1.29 is 19.8 Å². The van der Waals surface area contributed by atoms with E-state index in [1.165, 1.54) is 6.42 Å². The van der Waals surface area contributed by atoms with Crippen molar-refractivity contribution in [2.45, 2.75) is 78.6 Å². The summed E-state index contributed by atoms with van der Waals surface area (Å²) in [4.78, 5) is 22.2. The second-order valence-corrected chi connectivity index (χ2v) is 6.11. The Morgan fingerprint density at radius 2 is 1.70 bits per heavy atom. The van der Waals surface area contributed by atoms with Gasteiger partial charge in [0.05, 0.1) is 5.41 Å². The smallest absolute Gasteiger partial charge is 0.309 e. The van der Waals surface area contributed by atoms with Gasteiger partial charge in [0.2, 0.25) is 0 Å². The summed E-state index contributed by atoms with van der Waals surface area (Å²) in [5.41, 5.74) is -0.912. The molecule has 0 bridgehead atoms. The van der Waals surface area contributed by atoms with Gasteiger partial charge in [-0.15, -0.1) is 0 Å². The first-order valence-electron chi connectivity index (χ1n) is 7.81. The van der Waals surface area contributed by atoms with Gasteiger partial charge in [0.1, 0.15) is 0 Å². The molecular weight excluding hydrogens is 256 g/mol. The third-order valence-electron chi connectivity index (χ3n) is 4.06. The highest BCUT2D eigenvalue weighted by Gasteiger charge is 2.35. The van der Waals surface area contributed by atoms with E-state index in [1.54, 1.807) is 6.92 Å². The van der Waals surface area contributed by atoms with Gasteiger partial charge >= 0.3 is 11.9 Å². The molecule has 0 amide bonds. The number of rotatable bonds is 12. The summed E-state index contributed by atoms with van der Waals surface area (Å²) in [6, 6.07) is 0. The Morgan fingerprint density at radius 3 is 2.15 bits per heavy atom. The molecule has 118 valence electrons. The second-order valence-electron chi connectivity index (χ2n) is 6.11. The van der Waals surface area contributed by atoms with Gasteiger partial charge in [0.15, 0.2) is 0 Å². The van der Waals surface area contributed by atoms with Crippen LogP contribution in [0.5, 0.6) is 0 Å². The molecule has 0 fully saturated rings. The summed E-state index contributed by atoms with van der Waals surface area (Å²) < 4.78 is 0. The number of carboxylic acid groups (broad SMARTS) is 2. The molecule has 0 aliphatic carbocycles. The molecule has 0 saturated carbocycles. The van der Waals surface area contributed by atoms with Crippen LogP contribution in [0.25, 0.3) is 0 Å². The van der Waals surface area contributed by atoms with E-state index >= 15 is 0 Å². The molecule has 2 N–H and O–H groups in total. The highest BCUT2D eigenvalue weighted by Crippen LogP contribution is 2.35. The maximum absolute atomic E-state index is 11.5. The molecule has 0 aliphatic heterocycles. The molecule has 2 atom stereocenters. The van der Waals surface area contributed by atoms with Gasteiger partial charge in [-0.2, -0.15) is 0 Å². The summed E-state index contributed by atoms with van der Waals surface area (Å²) in [7, 11) is 0. The van der Waals surface area contributed by atoms with E-state index in [1.807, 2.05) is 0 Å². The van der Waals surface area contributed by atoms with Crippen LogP contribution in [-0.4, -0.2) is 22.2 Å². The summed E-state index contributed by atoms with van der Waals surface area (Å²) in [5, 5.41) is 18.2. The highest BCUT2D eigenvalue weighted by atomic mass is 16.4. The van der Waals surface area contributed by atoms with E-state index in [2.05, 4.69) is 13.8 Å². The van der Waals surface area contributed by atoms with Crippen molar-refractivity contribution in [3.8, 4) is 0 Å². The number of hydrogen-bond donors (Lipinski definition) is 2. The van der Waals surface area contributed by atoms with E-state index in [0.717, 1.165) is 32.1 Å². The molecule has 0 radical (unpaired) electrons. The molecule has 0 aromatic carbocycles. The second kappa shape index (κ2) is 9.78. The van der Waals surface area contributed by atoms with Gasteiger partial charge in [-0.3, -0.25) is 9.59 Å². The molecule has 20 heavy (non-hydrogen) atoms. The van der Waals surface area contributed by atoms with Crippen LogP contribution in [0.3, 0.4) is 0 Å². The lowest BCUT2D eigenvalue weighted by molar-refractivity contribution is -0.150. The van der Waals surface area contributed by atoms with Crippen LogP contribution in [0.1, 0.15) is 78.6 Å². The van der Waals surface area contributed by atoms with Gasteiger partial charge in [0, 0.05) is 6.42 Å². The number of unbranched alkanes of at least 4 members (excludes halogenated alkanes) is 2. The van der Waals surface area contributed by atoms with Gasteiger partial charge in [-0.25, -0.2) is 0 Å². The minimum absolute atomic E-state index is 0.0728. The van der Waals surface area contributed by atoms with Crippen molar-refractivity contribution in [1.29, 1.82) is 0 Å². The number of carboxylic acids is 2. The van der Waals surface area contributed by atoms with Gasteiger partial charge in [0.25, 0.3) is 0 Å². The normalized spacial score (nSPS) is 15.6. The molecule has 0 aromatic heterocycles. The maximum atomic E-state index is 11.5. The summed E-state index contributed by atoms with van der Waals surface area (Å²) >= 11 is 0. The topological polar surface area (TPSA) is 74.6 Å². The van der Waals surface area contributed by atoms with Gasteiger partial charge in [-0.05, 0) is 25.7 Å². The Labute approximate surface area is 122 Å². The quantitative estimate of drug-likeness (QED) is 0.524. The third-order valence-corrected chi connectivity index (χ3v) is 4.06. The fourth-order valence-electron chi connectivity index (χ4n) is 2.76. The molecule has 0 aliphatic rings. The third kappa shape index (κ3) is 7.51. The van der Waals surface area contributed by atoms with Crippen molar-refractivity contribution >= 4 is 11.9 Å². The Hall–Kier alpha value is -1.06. The standard InChI is InChI=1S/C16H30O4/c1-4-6-7-9-13(8-5-2)12-16(3,15(19)20)11-10-14(17)18/h13H,4-12H2,1-3H3,(H,17,18)(H,19,20). The van der Waals surface area contributed by atoms with Crippen LogP contribution in [0, 0.1) is 11.3 Å². The Bertz CT molecular complexity index is 301. The van der Waals surface area contributed by atoms with E-state index in [-0.39, 0.29) is 12.8 Å². The van der Waals surface area contributed by atoms with Crippen LogP contribution < -0.4 is 0 Å². The van der Waals surface area contributed by atoms with Gasteiger partial charge < -0.3 is 10.2 Å². The van der Waals surface area contributed by atoms with Gasteiger partial charge in [-0.1, -0.05) is 52.4 Å². The molecule has 0 saturated heterocycles. The molecule has 0 aromatic rings. The monoisotopic (exact) mass is 286 g/mol. The molecule has 4 nitrogen and oxygen atoms in total. The number of aliphatic carboxylic acids is 2. The van der Waals surface area contributed by atoms with Crippen LogP contribution >= 0.6 is 0 Å². The minimum Gasteiger partial charge on any atom is -0.481 e. The summed E-state index contributed by atoms with van der Waals surface area (Å²) in [6.07, 6.45) is 7.33. The fraction of sp³-hybridized carbons (Fsp3) is 0.875. The first-order chi connectivity index (χ1) is 9.35. The van der Waals surface area contributed by atoms with Crippen molar-refractivity contribution in [2.75, 3.05) is 0 Å². The number of carbonyl (C=O) groups is 2. The van der Waals surface area contributed by atoms with Crippen molar-refractivity contribution in [1.82, 2.24) is 0 Å². The average Bonchev–Trinajstić information content (AvgIpc) is 2.36. The lowest BCUT2D eigenvalue weighted by Gasteiger charge is -2.29. The molecule has 2 unspecified atom stereocenters. The highest BCUT2D eigenvalue weighted by molar-refractivity contribution is 5.75. The van der Waals surface area contributed by atoms with E-state index < -0.39 is 17.4 Å². The predicted octanol–water partition coefficient (Wildman–Crippen LogP) is 4.33. The molecular formula is C16H30O4. The largest absolute Gasteiger partial charge is 0.481 e. The van der Waals surface area contributed by atoms with Crippen LogP contribution in [0.15, 0.2) is 0 Å². The van der Waals surface area contributed by atoms with Crippen molar-refractivity contribution in [2.24, 2.45) is 11.3 Å². The SMILES string of the molecule is CCCCCC(CCC)CC(C)(CCC(=O)O)C(=O)O. The van der Waals surface area contributed by atoms with Crippen LogP contribution in [-0.2, 0) is 9.59 Å². The predicted molar refractivity (Wildman–Crippen MR) is 79.8 cm³/mol. The van der Waals surface area contributed by atoms with Crippen LogP contribution in [0.4, 0.5) is 0 Å².